The molecule has 0 aliphatic carbocycles. The predicted octanol–water partition coefficient (Wildman–Crippen LogP) is 4.83. The third-order valence-corrected chi connectivity index (χ3v) is 5.72. The van der Waals surface area contributed by atoms with E-state index in [0.29, 0.717) is 5.92 Å². The predicted molar refractivity (Wildman–Crippen MR) is 85.4 cm³/mol. The lowest BCUT2D eigenvalue weighted by Crippen LogP contribution is -2.29. The fourth-order valence-corrected chi connectivity index (χ4v) is 4.06. The molecule has 0 N–H and O–H groups in total. The summed E-state index contributed by atoms with van der Waals surface area (Å²) in [6.07, 6.45) is 2.62. The second kappa shape index (κ2) is 5.26. The minimum absolute atomic E-state index is 0.643. The van der Waals surface area contributed by atoms with E-state index in [4.69, 9.17) is 0 Å². The van der Waals surface area contributed by atoms with Crippen LogP contribution in [0, 0.1) is 0 Å². The van der Waals surface area contributed by atoms with E-state index in [9.17, 15) is 0 Å². The van der Waals surface area contributed by atoms with Crippen molar-refractivity contribution in [2.24, 2.45) is 0 Å². The normalized spacial score (nSPS) is 18.5. The van der Waals surface area contributed by atoms with Gasteiger partial charge in [-0.25, -0.2) is 0 Å². The molecule has 2 heteroatoms. The molecule has 1 fully saturated rings. The van der Waals surface area contributed by atoms with Gasteiger partial charge in [-0.15, -0.1) is 11.3 Å². The summed E-state index contributed by atoms with van der Waals surface area (Å²) in [5.41, 5.74) is 1.55. The zero-order chi connectivity index (χ0) is 13.4. The van der Waals surface area contributed by atoms with E-state index in [1.807, 2.05) is 11.3 Å². The van der Waals surface area contributed by atoms with Crippen molar-refractivity contribution < 1.29 is 0 Å². The first-order valence-corrected chi connectivity index (χ1v) is 8.17. The summed E-state index contributed by atoms with van der Waals surface area (Å²) in [4.78, 5) is 3.95. The minimum Gasteiger partial charge on any atom is -0.306 e. The van der Waals surface area contributed by atoms with E-state index in [1.165, 1.54) is 40.9 Å². The summed E-state index contributed by atoms with van der Waals surface area (Å²) in [5.74, 6) is 1.41. The topological polar surface area (TPSA) is 3.24 Å². The Morgan fingerprint density at radius 2 is 1.89 bits per heavy atom. The number of nitrogens with zero attached hydrogens (tertiary/aromatic N) is 1. The summed E-state index contributed by atoms with van der Waals surface area (Å²) in [6.45, 7) is 7.04. The van der Waals surface area contributed by atoms with Crippen LogP contribution in [0.4, 0.5) is 0 Å². The number of rotatable bonds is 2. The van der Waals surface area contributed by atoms with Crippen molar-refractivity contribution in [1.82, 2.24) is 4.90 Å². The van der Waals surface area contributed by atoms with E-state index in [-0.39, 0.29) is 0 Å². The number of thiophene rings is 1. The number of benzene rings is 1. The Balaban J connectivity index is 1.88. The lowest BCUT2D eigenvalue weighted by Gasteiger charge is -2.29. The largest absolute Gasteiger partial charge is 0.306 e. The molecule has 0 radical (unpaired) electrons. The van der Waals surface area contributed by atoms with E-state index < -0.39 is 0 Å². The number of fused-ring (bicyclic) bond motifs is 1. The average molecular weight is 273 g/mol. The smallest absolute Gasteiger partial charge is 0.0348 e. The van der Waals surface area contributed by atoms with Crippen molar-refractivity contribution in [2.45, 2.75) is 38.5 Å². The molecule has 1 aromatic carbocycles. The molecule has 3 rings (SSSR count). The molecule has 2 aromatic rings. The van der Waals surface area contributed by atoms with E-state index in [0.717, 1.165) is 5.92 Å². The maximum atomic E-state index is 2.45. The van der Waals surface area contributed by atoms with E-state index in [2.05, 4.69) is 50.1 Å². The van der Waals surface area contributed by atoms with Gasteiger partial charge in [0.25, 0.3) is 0 Å². The van der Waals surface area contributed by atoms with Crippen LogP contribution >= 0.6 is 11.3 Å². The van der Waals surface area contributed by atoms with Gasteiger partial charge in [0.05, 0.1) is 0 Å². The van der Waals surface area contributed by atoms with Crippen molar-refractivity contribution in [3.63, 3.8) is 0 Å². The van der Waals surface area contributed by atoms with E-state index in [1.54, 1.807) is 5.56 Å². The van der Waals surface area contributed by atoms with Crippen molar-refractivity contribution in [3.8, 4) is 0 Å². The lowest BCUT2D eigenvalue weighted by molar-refractivity contribution is 0.255. The van der Waals surface area contributed by atoms with Crippen molar-refractivity contribution in [1.29, 1.82) is 0 Å². The molecule has 1 aliphatic heterocycles. The Labute approximate surface area is 120 Å². The Morgan fingerprint density at radius 1 is 1.16 bits per heavy atom. The molecule has 102 valence electrons. The van der Waals surface area contributed by atoms with Gasteiger partial charge < -0.3 is 4.90 Å². The Kier molecular flexibility index (Phi) is 3.64. The van der Waals surface area contributed by atoms with Crippen LogP contribution in [-0.2, 0) is 0 Å². The molecular formula is C17H23NS. The van der Waals surface area contributed by atoms with Gasteiger partial charge in [-0.3, -0.25) is 0 Å². The second-order valence-corrected chi connectivity index (χ2v) is 7.29. The third-order valence-electron chi connectivity index (χ3n) is 4.32. The van der Waals surface area contributed by atoms with Gasteiger partial charge in [0.1, 0.15) is 0 Å². The quantitative estimate of drug-likeness (QED) is 0.757. The molecule has 1 saturated heterocycles. The number of hydrogen-bond acceptors (Lipinski definition) is 2. The zero-order valence-corrected chi connectivity index (χ0v) is 13.0. The molecule has 1 aromatic heterocycles. The Bertz CT molecular complexity index is 562. The molecule has 0 atom stereocenters. The van der Waals surface area contributed by atoms with E-state index >= 15 is 0 Å². The molecule has 0 amide bonds. The summed E-state index contributed by atoms with van der Waals surface area (Å²) >= 11 is 1.97. The zero-order valence-electron chi connectivity index (χ0n) is 12.1. The maximum Gasteiger partial charge on any atom is 0.0348 e. The molecule has 19 heavy (non-hydrogen) atoms. The van der Waals surface area contributed by atoms with Gasteiger partial charge >= 0.3 is 0 Å². The number of likely N-dealkylation sites (tertiary alicyclic amines) is 1. The lowest BCUT2D eigenvalue weighted by atomic mass is 9.89. The first kappa shape index (κ1) is 13.1. The van der Waals surface area contributed by atoms with Crippen LogP contribution in [0.3, 0.4) is 0 Å². The fourth-order valence-electron chi connectivity index (χ4n) is 2.95. The highest BCUT2D eigenvalue weighted by Crippen LogP contribution is 2.35. The van der Waals surface area contributed by atoms with Crippen LogP contribution in [0.1, 0.15) is 49.0 Å². The first-order valence-electron chi connectivity index (χ1n) is 7.35. The van der Waals surface area contributed by atoms with Crippen LogP contribution in [0.25, 0.3) is 10.1 Å². The third kappa shape index (κ3) is 2.70. The van der Waals surface area contributed by atoms with Crippen LogP contribution in [0.5, 0.6) is 0 Å². The monoisotopic (exact) mass is 273 g/mol. The van der Waals surface area contributed by atoms with Crippen molar-refractivity contribution >= 4 is 21.4 Å². The van der Waals surface area contributed by atoms with Crippen molar-refractivity contribution in [3.05, 3.63) is 34.7 Å². The Hall–Kier alpha value is -0.860. The first-order chi connectivity index (χ1) is 9.13. The molecule has 0 unspecified atom stereocenters. The fraction of sp³-hybridized carbons (Fsp3) is 0.529. The Morgan fingerprint density at radius 3 is 2.58 bits per heavy atom. The second-order valence-electron chi connectivity index (χ2n) is 6.18. The minimum atomic E-state index is 0.643. The van der Waals surface area contributed by atoms with Gasteiger partial charge in [-0.1, -0.05) is 26.0 Å². The standard InChI is InChI=1S/C17H23NS/c1-12(2)16-11-15-5-4-14(10-17(15)19-16)13-6-8-18(3)9-7-13/h4-5,10-13H,6-9H2,1-3H3. The SMILES string of the molecule is CC(C)c1cc2ccc(C3CCN(C)CC3)cc2s1. The summed E-state index contributed by atoms with van der Waals surface area (Å²) < 4.78 is 1.47. The van der Waals surface area contributed by atoms with Crippen LogP contribution in [0.2, 0.25) is 0 Å². The molecule has 1 nitrogen and oxygen atoms in total. The van der Waals surface area contributed by atoms with Gasteiger partial charge in [-0.2, -0.15) is 0 Å². The maximum absolute atomic E-state index is 2.45. The van der Waals surface area contributed by atoms with Gasteiger partial charge in [0.15, 0.2) is 0 Å². The van der Waals surface area contributed by atoms with Crippen LogP contribution < -0.4 is 0 Å². The van der Waals surface area contributed by atoms with Crippen molar-refractivity contribution in [2.75, 3.05) is 20.1 Å². The summed E-state index contributed by atoms with van der Waals surface area (Å²) in [7, 11) is 2.23. The molecule has 1 aliphatic rings. The number of piperidine rings is 1. The summed E-state index contributed by atoms with van der Waals surface area (Å²) in [5, 5.41) is 1.42. The summed E-state index contributed by atoms with van der Waals surface area (Å²) in [6, 6.07) is 9.49. The van der Waals surface area contributed by atoms with Gasteiger partial charge in [-0.05, 0) is 67.9 Å². The highest BCUT2D eigenvalue weighted by atomic mass is 32.1. The molecule has 2 heterocycles. The molecule has 0 spiro atoms. The van der Waals surface area contributed by atoms with Crippen LogP contribution in [-0.4, -0.2) is 25.0 Å². The van der Waals surface area contributed by atoms with Gasteiger partial charge in [0.2, 0.25) is 0 Å². The highest BCUT2D eigenvalue weighted by Gasteiger charge is 2.18. The highest BCUT2D eigenvalue weighted by molar-refractivity contribution is 7.19. The molecular weight excluding hydrogens is 250 g/mol. The number of hydrogen-bond donors (Lipinski definition) is 0. The molecule has 0 bridgehead atoms. The van der Waals surface area contributed by atoms with Crippen LogP contribution in [0.15, 0.2) is 24.3 Å². The molecule has 0 saturated carbocycles. The average Bonchev–Trinajstić information content (AvgIpc) is 2.82. The van der Waals surface area contributed by atoms with Gasteiger partial charge in [0, 0.05) is 9.58 Å².